The van der Waals surface area contributed by atoms with E-state index < -0.39 is 5.76 Å². The molecule has 2 aromatic heterocycles. The second kappa shape index (κ2) is 7.90. The first-order valence-electron chi connectivity index (χ1n) is 9.60. The fourth-order valence-corrected chi connectivity index (χ4v) is 3.77. The number of benzene rings is 1. The summed E-state index contributed by atoms with van der Waals surface area (Å²) in [6.45, 7) is 1.79. The Kier molecular flexibility index (Phi) is 5.16. The lowest BCUT2D eigenvalue weighted by atomic mass is 10.2. The molecule has 0 unspecified atom stereocenters. The molecule has 1 aliphatic rings. The standard InChI is InChI=1S/C21H22N4O4/c1-13-8-14(11-22-10-13)20(27)24-16-7-6-15(9-16)23-19(26)12-25-17-4-2-3-5-18(17)29-21(25)28/h2-5,8,10-11,15-16H,6-7,9,12H2,1H3,(H,23,26)(H,24,27)/t15-,16+/m1/s1. The summed E-state index contributed by atoms with van der Waals surface area (Å²) in [6, 6.07) is 8.75. The van der Waals surface area contributed by atoms with Gasteiger partial charge in [-0.25, -0.2) is 4.79 Å². The number of rotatable bonds is 5. The number of fused-ring (bicyclic) bond motifs is 1. The van der Waals surface area contributed by atoms with Crippen LogP contribution in [-0.2, 0) is 11.3 Å². The zero-order valence-electron chi connectivity index (χ0n) is 16.1. The summed E-state index contributed by atoms with van der Waals surface area (Å²) < 4.78 is 6.48. The SMILES string of the molecule is Cc1cncc(C(=O)N[C@H]2CC[C@@H](NC(=O)Cn3c(=O)oc4ccccc43)C2)c1. The van der Waals surface area contributed by atoms with Gasteiger partial charge in [0.2, 0.25) is 5.91 Å². The molecule has 1 saturated carbocycles. The lowest BCUT2D eigenvalue weighted by molar-refractivity contribution is -0.122. The summed E-state index contributed by atoms with van der Waals surface area (Å²) >= 11 is 0. The van der Waals surface area contributed by atoms with Crippen molar-refractivity contribution in [1.82, 2.24) is 20.2 Å². The number of oxazole rings is 1. The van der Waals surface area contributed by atoms with E-state index in [1.54, 1.807) is 42.7 Å². The van der Waals surface area contributed by atoms with Crippen LogP contribution in [0.4, 0.5) is 0 Å². The number of aromatic nitrogens is 2. The average Bonchev–Trinajstić information content (AvgIpc) is 3.25. The van der Waals surface area contributed by atoms with Gasteiger partial charge in [-0.05, 0) is 49.9 Å². The first kappa shape index (κ1) is 18.9. The third-order valence-corrected chi connectivity index (χ3v) is 5.15. The minimum absolute atomic E-state index is 0.00853. The van der Waals surface area contributed by atoms with Gasteiger partial charge in [-0.2, -0.15) is 0 Å². The van der Waals surface area contributed by atoms with Crippen molar-refractivity contribution in [2.75, 3.05) is 0 Å². The van der Waals surface area contributed by atoms with E-state index in [4.69, 9.17) is 4.42 Å². The smallest absolute Gasteiger partial charge is 0.408 e. The summed E-state index contributed by atoms with van der Waals surface area (Å²) in [7, 11) is 0. The molecule has 1 aliphatic carbocycles. The van der Waals surface area contributed by atoms with Crippen LogP contribution in [0.25, 0.3) is 11.1 Å². The fraction of sp³-hybridized carbons (Fsp3) is 0.333. The van der Waals surface area contributed by atoms with Crippen LogP contribution in [0, 0.1) is 6.92 Å². The summed E-state index contributed by atoms with van der Waals surface area (Å²) in [4.78, 5) is 40.9. The van der Waals surface area contributed by atoms with Gasteiger partial charge in [0.05, 0.1) is 11.1 Å². The van der Waals surface area contributed by atoms with Gasteiger partial charge in [0, 0.05) is 24.5 Å². The molecule has 0 radical (unpaired) electrons. The molecule has 3 aromatic rings. The van der Waals surface area contributed by atoms with Gasteiger partial charge in [0.15, 0.2) is 5.58 Å². The average molecular weight is 394 g/mol. The molecule has 29 heavy (non-hydrogen) atoms. The monoisotopic (exact) mass is 394 g/mol. The van der Waals surface area contributed by atoms with Gasteiger partial charge in [0.1, 0.15) is 6.54 Å². The topological polar surface area (TPSA) is 106 Å². The van der Waals surface area contributed by atoms with Crippen molar-refractivity contribution in [3.05, 3.63) is 64.4 Å². The van der Waals surface area contributed by atoms with E-state index in [-0.39, 0.29) is 30.4 Å². The van der Waals surface area contributed by atoms with Gasteiger partial charge in [0.25, 0.3) is 5.91 Å². The van der Waals surface area contributed by atoms with Crippen LogP contribution in [0.5, 0.6) is 0 Å². The van der Waals surface area contributed by atoms with Crippen LogP contribution in [0.2, 0.25) is 0 Å². The zero-order valence-corrected chi connectivity index (χ0v) is 16.1. The number of hydrogen-bond donors (Lipinski definition) is 2. The Morgan fingerprint density at radius 2 is 1.93 bits per heavy atom. The first-order valence-corrected chi connectivity index (χ1v) is 9.60. The van der Waals surface area contributed by atoms with Crippen LogP contribution < -0.4 is 16.4 Å². The largest absolute Gasteiger partial charge is 0.420 e. The molecule has 0 aliphatic heterocycles. The molecule has 1 aromatic carbocycles. The lowest BCUT2D eigenvalue weighted by Crippen LogP contribution is -2.39. The minimum Gasteiger partial charge on any atom is -0.408 e. The van der Waals surface area contributed by atoms with Gasteiger partial charge >= 0.3 is 5.76 Å². The fourth-order valence-electron chi connectivity index (χ4n) is 3.77. The van der Waals surface area contributed by atoms with Crippen molar-refractivity contribution in [1.29, 1.82) is 0 Å². The van der Waals surface area contributed by atoms with E-state index >= 15 is 0 Å². The predicted molar refractivity (Wildman–Crippen MR) is 106 cm³/mol. The number of nitrogens with zero attached hydrogens (tertiary/aromatic N) is 2. The number of carbonyl (C=O) groups excluding carboxylic acids is 2. The maximum Gasteiger partial charge on any atom is 0.420 e. The molecule has 8 nitrogen and oxygen atoms in total. The van der Waals surface area contributed by atoms with Crippen molar-refractivity contribution in [2.24, 2.45) is 0 Å². The van der Waals surface area contributed by atoms with E-state index in [2.05, 4.69) is 15.6 Å². The molecule has 2 amide bonds. The normalized spacial score (nSPS) is 18.7. The highest BCUT2D eigenvalue weighted by atomic mass is 16.4. The predicted octanol–water partition coefficient (Wildman–Crippen LogP) is 1.77. The number of carbonyl (C=O) groups is 2. The number of hydrogen-bond acceptors (Lipinski definition) is 5. The first-order chi connectivity index (χ1) is 14.0. The third-order valence-electron chi connectivity index (χ3n) is 5.15. The summed E-state index contributed by atoms with van der Waals surface area (Å²) in [6.07, 6.45) is 5.45. The third kappa shape index (κ3) is 4.21. The molecule has 2 atom stereocenters. The van der Waals surface area contributed by atoms with Crippen LogP contribution in [0.1, 0.15) is 35.2 Å². The molecule has 0 bridgehead atoms. The van der Waals surface area contributed by atoms with E-state index in [1.165, 1.54) is 4.57 Å². The lowest BCUT2D eigenvalue weighted by Gasteiger charge is -2.15. The Balaban J connectivity index is 1.33. The van der Waals surface area contributed by atoms with Crippen molar-refractivity contribution in [3.63, 3.8) is 0 Å². The molecular weight excluding hydrogens is 372 g/mol. The molecule has 0 saturated heterocycles. The quantitative estimate of drug-likeness (QED) is 0.686. The number of pyridine rings is 1. The van der Waals surface area contributed by atoms with Crippen molar-refractivity contribution >= 4 is 22.9 Å². The van der Waals surface area contributed by atoms with Crippen molar-refractivity contribution in [3.8, 4) is 0 Å². The maximum absolute atomic E-state index is 12.4. The number of para-hydroxylation sites is 2. The summed E-state index contributed by atoms with van der Waals surface area (Å²) in [5.74, 6) is -0.960. The second-order valence-electron chi connectivity index (χ2n) is 7.42. The van der Waals surface area contributed by atoms with Crippen molar-refractivity contribution < 1.29 is 14.0 Å². The molecule has 2 N–H and O–H groups in total. The number of amides is 2. The second-order valence-corrected chi connectivity index (χ2v) is 7.42. The van der Waals surface area contributed by atoms with Gasteiger partial charge in [-0.15, -0.1) is 0 Å². The van der Waals surface area contributed by atoms with Gasteiger partial charge < -0.3 is 15.1 Å². The van der Waals surface area contributed by atoms with Gasteiger partial charge in [-0.3, -0.25) is 19.1 Å². The van der Waals surface area contributed by atoms with E-state index in [0.717, 1.165) is 18.4 Å². The van der Waals surface area contributed by atoms with Gasteiger partial charge in [-0.1, -0.05) is 12.1 Å². The highest BCUT2D eigenvalue weighted by molar-refractivity contribution is 5.94. The van der Waals surface area contributed by atoms with Crippen LogP contribution in [0.3, 0.4) is 0 Å². The highest BCUT2D eigenvalue weighted by Crippen LogP contribution is 2.20. The Bertz CT molecular complexity index is 1120. The minimum atomic E-state index is -0.551. The summed E-state index contributed by atoms with van der Waals surface area (Å²) in [5.41, 5.74) is 2.51. The highest BCUT2D eigenvalue weighted by Gasteiger charge is 2.27. The maximum atomic E-state index is 12.4. The Morgan fingerprint density at radius 3 is 2.72 bits per heavy atom. The van der Waals surface area contributed by atoms with E-state index in [0.29, 0.717) is 23.1 Å². The molecule has 8 heteroatoms. The Labute approximate surface area is 166 Å². The van der Waals surface area contributed by atoms with Crippen molar-refractivity contribution in [2.45, 2.75) is 44.8 Å². The molecule has 0 spiro atoms. The Hall–Kier alpha value is -3.42. The molecule has 4 rings (SSSR count). The van der Waals surface area contributed by atoms with Crippen LogP contribution in [-0.4, -0.2) is 33.4 Å². The molecule has 150 valence electrons. The number of aryl methyl sites for hydroxylation is 1. The molecule has 1 fully saturated rings. The summed E-state index contributed by atoms with van der Waals surface area (Å²) in [5, 5.41) is 5.96. The van der Waals surface area contributed by atoms with Crippen LogP contribution >= 0.6 is 0 Å². The number of nitrogens with one attached hydrogen (secondary N) is 2. The van der Waals surface area contributed by atoms with E-state index in [9.17, 15) is 14.4 Å². The van der Waals surface area contributed by atoms with E-state index in [1.807, 2.05) is 6.92 Å². The Morgan fingerprint density at radius 1 is 1.17 bits per heavy atom. The van der Waals surface area contributed by atoms with Crippen LogP contribution in [0.15, 0.2) is 51.9 Å². The molecule has 2 heterocycles. The molecular formula is C21H22N4O4. The zero-order chi connectivity index (χ0) is 20.4.